The molecule has 2 N–H and O–H groups in total. The Hall–Kier alpha value is -1.26. The van der Waals surface area contributed by atoms with Gasteiger partial charge in [-0.1, -0.05) is 19.8 Å². The first-order valence-corrected chi connectivity index (χ1v) is 5.08. The molecule has 1 aromatic heterocycles. The van der Waals surface area contributed by atoms with Crippen LogP contribution >= 0.6 is 0 Å². The number of aromatic nitrogens is 3. The normalized spacial score (nSPS) is 10.2. The van der Waals surface area contributed by atoms with Gasteiger partial charge >= 0.3 is 0 Å². The van der Waals surface area contributed by atoms with E-state index in [4.69, 9.17) is 0 Å². The van der Waals surface area contributed by atoms with Gasteiger partial charge in [-0.05, 0) is 6.42 Å². The van der Waals surface area contributed by atoms with Crippen molar-refractivity contribution in [3.8, 4) is 0 Å². The molecule has 0 atom stereocenters. The first-order chi connectivity index (χ1) is 6.74. The minimum Gasteiger partial charge on any atom is -0.354 e. The van der Waals surface area contributed by atoms with Gasteiger partial charge in [0.15, 0.2) is 0 Å². The van der Waals surface area contributed by atoms with Gasteiger partial charge in [-0.3, -0.25) is 4.98 Å². The van der Waals surface area contributed by atoms with Crippen molar-refractivity contribution in [3.63, 3.8) is 0 Å². The summed E-state index contributed by atoms with van der Waals surface area (Å²) in [4.78, 5) is 4.98. The molecular formula is C9H19N5. The predicted octanol–water partition coefficient (Wildman–Crippen LogP) is 1.47. The van der Waals surface area contributed by atoms with Gasteiger partial charge in [-0.2, -0.15) is 0 Å². The summed E-state index contributed by atoms with van der Waals surface area (Å²) < 4.78 is 0. The van der Waals surface area contributed by atoms with E-state index in [1.165, 1.54) is 19.3 Å². The summed E-state index contributed by atoms with van der Waals surface area (Å²) >= 11 is 0. The standard InChI is InChI=1S/C9H19N5/c1-4-5-6-7-10-8-11-9(13-12-8)14(2)3/h4-7H2,1-3H3,(H2,10,11,12,13). The van der Waals surface area contributed by atoms with Crippen molar-refractivity contribution in [2.24, 2.45) is 0 Å². The van der Waals surface area contributed by atoms with Crippen LogP contribution in [0.5, 0.6) is 0 Å². The van der Waals surface area contributed by atoms with E-state index in [1.54, 1.807) is 0 Å². The third-order valence-electron chi connectivity index (χ3n) is 1.97. The first kappa shape index (κ1) is 10.8. The van der Waals surface area contributed by atoms with Crippen LogP contribution < -0.4 is 10.2 Å². The van der Waals surface area contributed by atoms with Crippen LogP contribution in [0.4, 0.5) is 11.9 Å². The van der Waals surface area contributed by atoms with Crippen molar-refractivity contribution < 1.29 is 0 Å². The van der Waals surface area contributed by atoms with Crippen LogP contribution in [0.15, 0.2) is 0 Å². The topological polar surface area (TPSA) is 56.8 Å². The second kappa shape index (κ2) is 5.47. The monoisotopic (exact) mass is 197 g/mol. The molecule has 0 aliphatic rings. The van der Waals surface area contributed by atoms with Gasteiger partial charge in [-0.15, -0.1) is 10.2 Å². The highest BCUT2D eigenvalue weighted by Gasteiger charge is 2.02. The molecule has 14 heavy (non-hydrogen) atoms. The van der Waals surface area contributed by atoms with Crippen molar-refractivity contribution in [3.05, 3.63) is 0 Å². The summed E-state index contributed by atoms with van der Waals surface area (Å²) in [7, 11) is 3.86. The maximum Gasteiger partial charge on any atom is 0.225 e. The lowest BCUT2D eigenvalue weighted by atomic mass is 10.2. The van der Waals surface area contributed by atoms with Crippen molar-refractivity contribution in [2.45, 2.75) is 26.2 Å². The summed E-state index contributed by atoms with van der Waals surface area (Å²) in [5.41, 5.74) is 0. The first-order valence-electron chi connectivity index (χ1n) is 5.08. The lowest BCUT2D eigenvalue weighted by molar-refractivity contribution is 0.740. The summed E-state index contributed by atoms with van der Waals surface area (Å²) in [6.45, 7) is 3.15. The maximum absolute atomic E-state index is 3.98. The molecular weight excluding hydrogens is 178 g/mol. The fourth-order valence-corrected chi connectivity index (χ4v) is 1.12. The molecule has 0 saturated carbocycles. The van der Waals surface area contributed by atoms with Crippen LogP contribution in [-0.4, -0.2) is 35.8 Å². The number of rotatable bonds is 6. The maximum atomic E-state index is 3.98. The Morgan fingerprint density at radius 1 is 1.29 bits per heavy atom. The van der Waals surface area contributed by atoms with Crippen LogP contribution in [0, 0.1) is 0 Å². The minimum absolute atomic E-state index is 0.754. The van der Waals surface area contributed by atoms with Crippen LogP contribution in [-0.2, 0) is 0 Å². The van der Waals surface area contributed by atoms with Gasteiger partial charge in [0.2, 0.25) is 11.9 Å². The van der Waals surface area contributed by atoms with Crippen LogP contribution in [0.2, 0.25) is 0 Å². The average Bonchev–Trinajstić information content (AvgIpc) is 2.61. The zero-order valence-electron chi connectivity index (χ0n) is 9.17. The second-order valence-corrected chi connectivity index (χ2v) is 3.53. The number of hydrogen-bond donors (Lipinski definition) is 2. The Bertz CT molecular complexity index is 255. The van der Waals surface area contributed by atoms with E-state index in [0.29, 0.717) is 0 Å². The summed E-state index contributed by atoms with van der Waals surface area (Å²) in [5, 5.41) is 11.1. The van der Waals surface area contributed by atoms with Crippen LogP contribution in [0.25, 0.3) is 0 Å². The van der Waals surface area contributed by atoms with E-state index in [-0.39, 0.29) is 0 Å². The number of nitrogens with one attached hydrogen (secondary N) is 2. The van der Waals surface area contributed by atoms with Crippen molar-refractivity contribution in [1.29, 1.82) is 0 Å². The molecule has 5 nitrogen and oxygen atoms in total. The molecule has 0 aliphatic heterocycles. The predicted molar refractivity (Wildman–Crippen MR) is 58.7 cm³/mol. The lowest BCUT2D eigenvalue weighted by Crippen LogP contribution is -2.10. The zero-order valence-corrected chi connectivity index (χ0v) is 9.17. The smallest absolute Gasteiger partial charge is 0.225 e. The summed E-state index contributed by atoms with van der Waals surface area (Å²) in [6.07, 6.45) is 3.66. The largest absolute Gasteiger partial charge is 0.354 e. The highest BCUT2D eigenvalue weighted by Crippen LogP contribution is 2.05. The zero-order chi connectivity index (χ0) is 10.4. The van der Waals surface area contributed by atoms with Gasteiger partial charge in [0.25, 0.3) is 0 Å². The molecule has 0 fully saturated rings. The molecule has 0 bridgehead atoms. The SMILES string of the molecule is CCCCCNc1nnc(N(C)C)[nH]1. The molecule has 0 aromatic carbocycles. The molecule has 0 aliphatic carbocycles. The fourth-order valence-electron chi connectivity index (χ4n) is 1.12. The Balaban J connectivity index is 2.29. The van der Waals surface area contributed by atoms with Crippen molar-refractivity contribution >= 4 is 11.9 Å². The number of unbranched alkanes of at least 4 members (excludes halogenated alkanes) is 2. The Labute approximate surface area is 84.9 Å². The number of hydrogen-bond acceptors (Lipinski definition) is 4. The molecule has 0 amide bonds. The van der Waals surface area contributed by atoms with Gasteiger partial charge in [0.05, 0.1) is 0 Å². The number of aromatic amines is 1. The molecule has 1 aromatic rings. The molecule has 80 valence electrons. The summed E-state index contributed by atoms with van der Waals surface area (Å²) in [6, 6.07) is 0. The number of nitrogens with zero attached hydrogens (tertiary/aromatic N) is 3. The molecule has 1 rings (SSSR count). The highest BCUT2D eigenvalue weighted by molar-refractivity contribution is 5.34. The molecule has 1 heterocycles. The highest BCUT2D eigenvalue weighted by atomic mass is 15.4. The van der Waals surface area contributed by atoms with E-state index in [9.17, 15) is 0 Å². The molecule has 0 unspecified atom stereocenters. The van der Waals surface area contributed by atoms with Gasteiger partial charge < -0.3 is 10.2 Å². The van der Waals surface area contributed by atoms with Crippen molar-refractivity contribution in [1.82, 2.24) is 15.2 Å². The quantitative estimate of drug-likeness (QED) is 0.678. The van der Waals surface area contributed by atoms with Gasteiger partial charge in [-0.25, -0.2) is 0 Å². The number of anilines is 2. The van der Waals surface area contributed by atoms with E-state index in [1.807, 2.05) is 19.0 Å². The molecule has 0 radical (unpaired) electrons. The second-order valence-electron chi connectivity index (χ2n) is 3.53. The Kier molecular flexibility index (Phi) is 4.22. The molecule has 5 heteroatoms. The third kappa shape index (κ3) is 3.24. The minimum atomic E-state index is 0.754. The Morgan fingerprint density at radius 2 is 2.07 bits per heavy atom. The average molecular weight is 197 g/mol. The van der Waals surface area contributed by atoms with E-state index in [2.05, 4.69) is 27.4 Å². The van der Waals surface area contributed by atoms with Crippen molar-refractivity contribution in [2.75, 3.05) is 30.9 Å². The molecule has 0 spiro atoms. The van der Waals surface area contributed by atoms with E-state index >= 15 is 0 Å². The third-order valence-corrected chi connectivity index (χ3v) is 1.97. The van der Waals surface area contributed by atoms with Crippen LogP contribution in [0.1, 0.15) is 26.2 Å². The lowest BCUT2D eigenvalue weighted by Gasteiger charge is -2.05. The number of H-pyrrole nitrogens is 1. The Morgan fingerprint density at radius 3 is 2.64 bits per heavy atom. The van der Waals surface area contributed by atoms with Gasteiger partial charge in [0, 0.05) is 20.6 Å². The fraction of sp³-hybridized carbons (Fsp3) is 0.778. The van der Waals surface area contributed by atoms with E-state index in [0.717, 1.165) is 18.4 Å². The van der Waals surface area contributed by atoms with Crippen LogP contribution in [0.3, 0.4) is 0 Å². The molecule has 0 saturated heterocycles. The van der Waals surface area contributed by atoms with Gasteiger partial charge in [0.1, 0.15) is 0 Å². The van der Waals surface area contributed by atoms with E-state index < -0.39 is 0 Å². The summed E-state index contributed by atoms with van der Waals surface area (Å²) in [5.74, 6) is 1.53.